The molecule has 3 aromatic rings. The highest BCUT2D eigenvalue weighted by molar-refractivity contribution is 6.33. The summed E-state index contributed by atoms with van der Waals surface area (Å²) in [5, 5.41) is 9.77. The van der Waals surface area contributed by atoms with Gasteiger partial charge in [0.1, 0.15) is 0 Å². The molecule has 0 spiro atoms. The van der Waals surface area contributed by atoms with Gasteiger partial charge < -0.3 is 4.42 Å². The maximum absolute atomic E-state index is 6.23. The number of nitrogens with zero attached hydrogens (tertiary/aromatic N) is 3. The molecule has 6 heteroatoms. The Bertz CT molecular complexity index is 890. The topological polar surface area (TPSA) is 42.2 Å². The van der Waals surface area contributed by atoms with Gasteiger partial charge in [0.15, 0.2) is 0 Å². The van der Waals surface area contributed by atoms with Gasteiger partial charge in [0, 0.05) is 17.1 Å². The molecule has 2 aromatic carbocycles. The summed E-state index contributed by atoms with van der Waals surface area (Å²) in [6.45, 7) is 2.82. The van der Waals surface area contributed by atoms with Crippen molar-refractivity contribution in [1.29, 1.82) is 0 Å². The molecule has 1 atom stereocenters. The highest BCUT2D eigenvalue weighted by atomic mass is 35.5. The summed E-state index contributed by atoms with van der Waals surface area (Å²) in [6, 6.07) is 16.3. The first-order valence-corrected chi connectivity index (χ1v) is 9.46. The molecule has 0 saturated heterocycles. The molecule has 0 radical (unpaired) electrons. The smallest absolute Gasteiger partial charge is 0.249 e. The molecule has 1 saturated carbocycles. The van der Waals surface area contributed by atoms with Crippen molar-refractivity contribution in [3.8, 4) is 11.5 Å². The van der Waals surface area contributed by atoms with E-state index >= 15 is 0 Å². The van der Waals surface area contributed by atoms with Crippen molar-refractivity contribution in [2.45, 2.75) is 38.4 Å². The molecule has 1 aliphatic carbocycles. The lowest BCUT2D eigenvalue weighted by molar-refractivity contribution is 0.173. The fourth-order valence-corrected chi connectivity index (χ4v) is 3.48. The molecule has 0 amide bonds. The fraction of sp³-hybridized carbons (Fsp3) is 0.300. The summed E-state index contributed by atoms with van der Waals surface area (Å²) in [5.41, 5.74) is 1.99. The Labute approximate surface area is 162 Å². The van der Waals surface area contributed by atoms with Crippen molar-refractivity contribution in [2.75, 3.05) is 0 Å². The lowest BCUT2D eigenvalue weighted by Crippen LogP contribution is -2.29. The standard InChI is InChI=1S/C20H19Cl2N3O/c1-13(14-6-8-15(21)9-7-14)25(16-10-11-16)12-19-23-24-20(26-19)17-4-2-3-5-18(17)22/h2-9,13,16H,10-12H2,1H3. The van der Waals surface area contributed by atoms with Crippen LogP contribution in [0.3, 0.4) is 0 Å². The maximum atomic E-state index is 6.23. The zero-order valence-electron chi connectivity index (χ0n) is 14.4. The van der Waals surface area contributed by atoms with Crippen LogP contribution < -0.4 is 0 Å². The van der Waals surface area contributed by atoms with Gasteiger partial charge >= 0.3 is 0 Å². The second-order valence-electron chi connectivity index (χ2n) is 6.61. The van der Waals surface area contributed by atoms with Crippen LogP contribution >= 0.6 is 23.2 Å². The molecule has 1 aliphatic rings. The quantitative estimate of drug-likeness (QED) is 0.538. The minimum Gasteiger partial charge on any atom is -0.419 e. The van der Waals surface area contributed by atoms with Gasteiger partial charge in [-0.2, -0.15) is 0 Å². The van der Waals surface area contributed by atoms with E-state index in [1.54, 1.807) is 0 Å². The zero-order valence-corrected chi connectivity index (χ0v) is 15.9. The van der Waals surface area contributed by atoms with E-state index in [2.05, 4.69) is 34.2 Å². The summed E-state index contributed by atoms with van der Waals surface area (Å²) in [7, 11) is 0. The first-order valence-electron chi connectivity index (χ1n) is 8.70. The van der Waals surface area contributed by atoms with Crippen LogP contribution in [0.2, 0.25) is 10.0 Å². The van der Waals surface area contributed by atoms with Gasteiger partial charge in [0.2, 0.25) is 11.8 Å². The van der Waals surface area contributed by atoms with Crippen LogP contribution in [0.25, 0.3) is 11.5 Å². The third-order valence-corrected chi connectivity index (χ3v) is 5.34. The van der Waals surface area contributed by atoms with Gasteiger partial charge in [0.25, 0.3) is 0 Å². The number of halogens is 2. The largest absolute Gasteiger partial charge is 0.419 e. The molecular weight excluding hydrogens is 369 g/mol. The van der Waals surface area contributed by atoms with E-state index in [1.807, 2.05) is 36.4 Å². The zero-order chi connectivity index (χ0) is 18.1. The summed E-state index contributed by atoms with van der Waals surface area (Å²) < 4.78 is 5.89. The number of hydrogen-bond donors (Lipinski definition) is 0. The average Bonchev–Trinajstić information content (AvgIpc) is 3.38. The van der Waals surface area contributed by atoms with Crippen LogP contribution in [0.1, 0.15) is 37.3 Å². The molecule has 1 aromatic heterocycles. The molecule has 26 heavy (non-hydrogen) atoms. The Hall–Kier alpha value is -1.88. The van der Waals surface area contributed by atoms with Crippen LogP contribution in [0.15, 0.2) is 52.9 Å². The highest BCUT2D eigenvalue weighted by Crippen LogP contribution is 2.36. The molecule has 0 bridgehead atoms. The summed E-state index contributed by atoms with van der Waals surface area (Å²) in [5.74, 6) is 1.06. The van der Waals surface area contributed by atoms with E-state index in [-0.39, 0.29) is 6.04 Å². The van der Waals surface area contributed by atoms with E-state index in [0.717, 1.165) is 10.6 Å². The number of aromatic nitrogens is 2. The van der Waals surface area contributed by atoms with Gasteiger partial charge in [0.05, 0.1) is 17.1 Å². The number of benzene rings is 2. The van der Waals surface area contributed by atoms with Crippen molar-refractivity contribution in [3.05, 3.63) is 70.0 Å². The highest BCUT2D eigenvalue weighted by Gasteiger charge is 2.34. The molecular formula is C20H19Cl2N3O. The van der Waals surface area contributed by atoms with Crippen LogP contribution in [-0.4, -0.2) is 21.1 Å². The molecule has 1 heterocycles. The van der Waals surface area contributed by atoms with E-state index in [4.69, 9.17) is 27.6 Å². The molecule has 1 fully saturated rings. The Morgan fingerprint density at radius 3 is 2.50 bits per heavy atom. The third-order valence-electron chi connectivity index (χ3n) is 4.75. The number of hydrogen-bond acceptors (Lipinski definition) is 4. The average molecular weight is 388 g/mol. The van der Waals surface area contributed by atoms with Crippen LogP contribution in [0.4, 0.5) is 0 Å². The lowest BCUT2D eigenvalue weighted by atomic mass is 10.1. The minimum absolute atomic E-state index is 0.246. The van der Waals surface area contributed by atoms with Gasteiger partial charge in [-0.25, -0.2) is 0 Å². The Balaban J connectivity index is 1.54. The molecule has 1 unspecified atom stereocenters. The molecule has 134 valence electrons. The first-order chi connectivity index (χ1) is 12.6. The van der Waals surface area contributed by atoms with Crippen molar-refractivity contribution in [2.24, 2.45) is 0 Å². The van der Waals surface area contributed by atoms with E-state index in [0.29, 0.717) is 29.4 Å². The van der Waals surface area contributed by atoms with Gasteiger partial charge in [-0.05, 0) is 49.6 Å². The predicted molar refractivity (Wildman–Crippen MR) is 103 cm³/mol. The number of rotatable bonds is 6. The Kier molecular flexibility index (Phi) is 4.98. The van der Waals surface area contributed by atoms with Crippen LogP contribution in [0.5, 0.6) is 0 Å². The SMILES string of the molecule is CC(c1ccc(Cl)cc1)N(Cc1nnc(-c2ccccc2Cl)o1)C1CC1. The molecule has 0 N–H and O–H groups in total. The summed E-state index contributed by atoms with van der Waals surface area (Å²) in [4.78, 5) is 2.41. The molecule has 0 aliphatic heterocycles. The van der Waals surface area contributed by atoms with Crippen molar-refractivity contribution in [3.63, 3.8) is 0 Å². The molecule has 4 rings (SSSR count). The van der Waals surface area contributed by atoms with Crippen LogP contribution in [-0.2, 0) is 6.54 Å². The lowest BCUT2D eigenvalue weighted by Gasteiger charge is -2.28. The van der Waals surface area contributed by atoms with Crippen molar-refractivity contribution >= 4 is 23.2 Å². The predicted octanol–water partition coefficient (Wildman–Crippen LogP) is 5.77. The van der Waals surface area contributed by atoms with Crippen LogP contribution in [0, 0.1) is 0 Å². The minimum atomic E-state index is 0.246. The van der Waals surface area contributed by atoms with Gasteiger partial charge in [-0.1, -0.05) is 47.5 Å². The van der Waals surface area contributed by atoms with E-state index < -0.39 is 0 Å². The van der Waals surface area contributed by atoms with Crippen molar-refractivity contribution in [1.82, 2.24) is 15.1 Å². The van der Waals surface area contributed by atoms with E-state index in [9.17, 15) is 0 Å². The Morgan fingerprint density at radius 1 is 1.08 bits per heavy atom. The van der Waals surface area contributed by atoms with Gasteiger partial charge in [-0.3, -0.25) is 4.90 Å². The summed E-state index contributed by atoms with van der Waals surface area (Å²) in [6.07, 6.45) is 2.40. The normalized spacial score (nSPS) is 15.4. The van der Waals surface area contributed by atoms with Crippen molar-refractivity contribution < 1.29 is 4.42 Å². The second kappa shape index (κ2) is 7.39. The third kappa shape index (κ3) is 3.78. The molecule has 4 nitrogen and oxygen atoms in total. The maximum Gasteiger partial charge on any atom is 0.249 e. The monoisotopic (exact) mass is 387 g/mol. The summed E-state index contributed by atoms with van der Waals surface area (Å²) >= 11 is 12.2. The van der Waals surface area contributed by atoms with E-state index in [1.165, 1.54) is 18.4 Å². The fourth-order valence-electron chi connectivity index (χ4n) is 3.14. The second-order valence-corrected chi connectivity index (χ2v) is 7.46. The van der Waals surface area contributed by atoms with Gasteiger partial charge in [-0.15, -0.1) is 10.2 Å². The first kappa shape index (κ1) is 17.5. The Morgan fingerprint density at radius 2 is 1.81 bits per heavy atom.